The zero-order valence-electron chi connectivity index (χ0n) is 11.8. The fraction of sp³-hybridized carbons (Fsp3) is 0.600. The van der Waals surface area contributed by atoms with Gasteiger partial charge in [0.25, 0.3) is 0 Å². The van der Waals surface area contributed by atoms with E-state index in [4.69, 9.17) is 17.3 Å². The van der Waals surface area contributed by atoms with E-state index < -0.39 is 29.7 Å². The third-order valence-corrected chi connectivity index (χ3v) is 4.85. The number of hydrogen-bond donors (Lipinski definition) is 2. The fourth-order valence-corrected chi connectivity index (χ4v) is 3.08. The summed E-state index contributed by atoms with van der Waals surface area (Å²) in [6.45, 7) is 0.779. The van der Waals surface area contributed by atoms with Gasteiger partial charge in [0.2, 0.25) is 0 Å². The van der Waals surface area contributed by atoms with E-state index in [1.165, 1.54) is 0 Å². The van der Waals surface area contributed by atoms with Gasteiger partial charge in [-0.25, -0.2) is 0 Å². The van der Waals surface area contributed by atoms with Gasteiger partial charge in [0.1, 0.15) is 0 Å². The topological polar surface area (TPSA) is 46.2 Å². The van der Waals surface area contributed by atoms with Crippen LogP contribution in [0, 0.1) is 0 Å². The lowest BCUT2D eigenvalue weighted by atomic mass is 9.59. The maximum absolute atomic E-state index is 12.8. The molecule has 0 radical (unpaired) electrons. The SMILES string of the molecule is CC(O)(CC(N)C1(c2ccc(Cl)cc2)CCC1)C(F)(F)F. The van der Waals surface area contributed by atoms with Gasteiger partial charge in [0, 0.05) is 22.9 Å². The van der Waals surface area contributed by atoms with E-state index in [1.807, 2.05) is 12.1 Å². The smallest absolute Gasteiger partial charge is 0.381 e. The second-order valence-corrected chi connectivity index (χ2v) is 6.54. The Morgan fingerprint density at radius 2 is 1.81 bits per heavy atom. The number of hydrogen-bond acceptors (Lipinski definition) is 2. The molecule has 0 amide bonds. The molecule has 21 heavy (non-hydrogen) atoms. The first-order valence-electron chi connectivity index (χ1n) is 6.89. The van der Waals surface area contributed by atoms with Gasteiger partial charge in [-0.1, -0.05) is 30.2 Å². The second-order valence-electron chi connectivity index (χ2n) is 6.10. The molecule has 0 heterocycles. The number of alkyl halides is 3. The minimum atomic E-state index is -4.68. The molecule has 2 nitrogen and oxygen atoms in total. The second kappa shape index (κ2) is 5.45. The number of rotatable bonds is 4. The van der Waals surface area contributed by atoms with Crippen LogP contribution in [0.5, 0.6) is 0 Å². The molecule has 2 rings (SSSR count). The zero-order chi connectivity index (χ0) is 15.9. The summed E-state index contributed by atoms with van der Waals surface area (Å²) in [6.07, 6.45) is -2.83. The summed E-state index contributed by atoms with van der Waals surface area (Å²) in [5.41, 5.74) is 3.69. The molecule has 6 heteroatoms. The first kappa shape index (κ1) is 16.6. The van der Waals surface area contributed by atoms with Gasteiger partial charge in [-0.05, 0) is 37.5 Å². The van der Waals surface area contributed by atoms with Gasteiger partial charge >= 0.3 is 6.18 Å². The third-order valence-electron chi connectivity index (χ3n) is 4.60. The average Bonchev–Trinajstić information content (AvgIpc) is 2.28. The van der Waals surface area contributed by atoms with Crippen LogP contribution in [0.2, 0.25) is 5.02 Å². The standard InChI is InChI=1S/C15H19ClF3NO/c1-13(21,15(17,18)19)9-12(20)14(7-2-8-14)10-3-5-11(16)6-4-10/h3-6,12,21H,2,7-9,20H2,1H3. The molecule has 2 atom stereocenters. The molecule has 3 N–H and O–H groups in total. The Labute approximate surface area is 127 Å². The lowest BCUT2D eigenvalue weighted by Crippen LogP contribution is -2.56. The molecule has 0 spiro atoms. The van der Waals surface area contributed by atoms with E-state index in [2.05, 4.69) is 0 Å². The van der Waals surface area contributed by atoms with Gasteiger partial charge in [0.05, 0.1) is 0 Å². The van der Waals surface area contributed by atoms with E-state index in [1.54, 1.807) is 12.1 Å². The van der Waals surface area contributed by atoms with Gasteiger partial charge < -0.3 is 10.8 Å². The Morgan fingerprint density at radius 3 is 2.19 bits per heavy atom. The number of halogens is 4. The normalized spacial score (nSPS) is 22.2. The Balaban J connectivity index is 2.23. The predicted molar refractivity (Wildman–Crippen MR) is 76.3 cm³/mol. The van der Waals surface area contributed by atoms with Crippen LogP contribution in [-0.2, 0) is 5.41 Å². The largest absolute Gasteiger partial charge is 0.416 e. The highest BCUT2D eigenvalue weighted by atomic mass is 35.5. The Kier molecular flexibility index (Phi) is 4.30. The summed E-state index contributed by atoms with van der Waals surface area (Å²) < 4.78 is 38.5. The summed E-state index contributed by atoms with van der Waals surface area (Å²) >= 11 is 5.85. The molecule has 1 aromatic rings. The summed E-state index contributed by atoms with van der Waals surface area (Å²) in [4.78, 5) is 0. The highest BCUT2D eigenvalue weighted by Crippen LogP contribution is 2.48. The molecule has 1 aliphatic carbocycles. The van der Waals surface area contributed by atoms with Crippen LogP contribution in [0.1, 0.15) is 38.2 Å². The van der Waals surface area contributed by atoms with Gasteiger partial charge in [0.15, 0.2) is 5.60 Å². The number of nitrogens with two attached hydrogens (primary N) is 1. The van der Waals surface area contributed by atoms with Crippen molar-refractivity contribution in [3.8, 4) is 0 Å². The van der Waals surface area contributed by atoms with Crippen LogP contribution < -0.4 is 5.73 Å². The number of aliphatic hydroxyl groups is 1. The highest BCUT2D eigenvalue weighted by molar-refractivity contribution is 6.30. The van der Waals surface area contributed by atoms with Crippen LogP contribution in [-0.4, -0.2) is 22.9 Å². The van der Waals surface area contributed by atoms with Crippen LogP contribution in [0.4, 0.5) is 13.2 Å². The van der Waals surface area contributed by atoms with Gasteiger partial charge in [-0.3, -0.25) is 0 Å². The average molecular weight is 322 g/mol. The van der Waals surface area contributed by atoms with Crippen molar-refractivity contribution in [1.82, 2.24) is 0 Å². The molecule has 1 fully saturated rings. The molecule has 0 saturated heterocycles. The van der Waals surface area contributed by atoms with Crippen molar-refractivity contribution >= 4 is 11.6 Å². The Hall–Kier alpha value is -0.780. The molecule has 1 aliphatic rings. The van der Waals surface area contributed by atoms with Crippen molar-refractivity contribution in [2.45, 2.75) is 55.8 Å². The maximum atomic E-state index is 12.8. The van der Waals surface area contributed by atoms with Crippen molar-refractivity contribution in [2.24, 2.45) is 5.73 Å². The Bertz CT molecular complexity index is 495. The van der Waals surface area contributed by atoms with Crippen molar-refractivity contribution in [3.63, 3.8) is 0 Å². The fourth-order valence-electron chi connectivity index (χ4n) is 2.95. The monoisotopic (exact) mass is 321 g/mol. The zero-order valence-corrected chi connectivity index (χ0v) is 12.5. The molecular weight excluding hydrogens is 303 g/mol. The molecule has 0 aliphatic heterocycles. The predicted octanol–water partition coefficient (Wildman–Crippen LogP) is 3.79. The molecule has 0 bridgehead atoms. The van der Waals surface area contributed by atoms with Crippen LogP contribution in [0.25, 0.3) is 0 Å². The quantitative estimate of drug-likeness (QED) is 0.886. The molecule has 1 aromatic carbocycles. The Morgan fingerprint density at radius 1 is 1.29 bits per heavy atom. The van der Waals surface area contributed by atoms with Gasteiger partial charge in [-0.2, -0.15) is 13.2 Å². The van der Waals surface area contributed by atoms with Crippen LogP contribution >= 0.6 is 11.6 Å². The van der Waals surface area contributed by atoms with E-state index in [-0.39, 0.29) is 0 Å². The molecule has 0 aromatic heterocycles. The molecular formula is C15H19ClF3NO. The highest BCUT2D eigenvalue weighted by Gasteiger charge is 2.54. The lowest BCUT2D eigenvalue weighted by molar-refractivity contribution is -0.257. The van der Waals surface area contributed by atoms with E-state index in [0.717, 1.165) is 31.7 Å². The molecule has 1 saturated carbocycles. The van der Waals surface area contributed by atoms with Crippen LogP contribution in [0.15, 0.2) is 24.3 Å². The van der Waals surface area contributed by atoms with Crippen molar-refractivity contribution < 1.29 is 18.3 Å². The summed E-state index contributed by atoms with van der Waals surface area (Å²) in [5, 5.41) is 10.2. The number of benzene rings is 1. The molecule has 2 unspecified atom stereocenters. The minimum Gasteiger partial charge on any atom is -0.381 e. The van der Waals surface area contributed by atoms with E-state index in [0.29, 0.717) is 5.02 Å². The third kappa shape index (κ3) is 3.05. The summed E-state index contributed by atoms with van der Waals surface area (Å²) in [5.74, 6) is 0. The first-order valence-corrected chi connectivity index (χ1v) is 7.27. The van der Waals surface area contributed by atoms with Crippen molar-refractivity contribution in [1.29, 1.82) is 0 Å². The van der Waals surface area contributed by atoms with E-state index >= 15 is 0 Å². The van der Waals surface area contributed by atoms with E-state index in [9.17, 15) is 18.3 Å². The van der Waals surface area contributed by atoms with Crippen LogP contribution in [0.3, 0.4) is 0 Å². The molecule has 118 valence electrons. The minimum absolute atomic E-state index is 0.500. The van der Waals surface area contributed by atoms with Gasteiger partial charge in [-0.15, -0.1) is 0 Å². The lowest BCUT2D eigenvalue weighted by Gasteiger charge is -2.48. The van der Waals surface area contributed by atoms with Crippen molar-refractivity contribution in [2.75, 3.05) is 0 Å². The summed E-state index contributed by atoms with van der Waals surface area (Å²) in [6, 6.07) is 6.29. The first-order chi connectivity index (χ1) is 9.58. The van der Waals surface area contributed by atoms with Crippen molar-refractivity contribution in [3.05, 3.63) is 34.9 Å². The maximum Gasteiger partial charge on any atom is 0.416 e. The summed E-state index contributed by atoms with van der Waals surface area (Å²) in [7, 11) is 0.